The molecule has 0 radical (unpaired) electrons. The van der Waals surface area contributed by atoms with Gasteiger partial charge >= 0.3 is 0 Å². The molecular formula is C19H34IN5O. The van der Waals surface area contributed by atoms with Gasteiger partial charge in [0.15, 0.2) is 5.96 Å². The number of hydrogen-bond acceptors (Lipinski definition) is 4. The maximum absolute atomic E-state index is 5.33. The lowest BCUT2D eigenvalue weighted by Gasteiger charge is -2.38. The molecular weight excluding hydrogens is 441 g/mol. The number of nitrogens with one attached hydrogen (secondary N) is 1. The molecule has 1 heterocycles. The van der Waals surface area contributed by atoms with Gasteiger partial charge in [0, 0.05) is 64.1 Å². The Labute approximate surface area is 175 Å². The van der Waals surface area contributed by atoms with Crippen LogP contribution in [0, 0.1) is 0 Å². The van der Waals surface area contributed by atoms with Crippen molar-refractivity contribution in [2.75, 3.05) is 65.4 Å². The zero-order valence-corrected chi connectivity index (χ0v) is 19.1. The summed E-state index contributed by atoms with van der Waals surface area (Å²) in [7, 11) is 5.73. The van der Waals surface area contributed by atoms with Gasteiger partial charge in [0.05, 0.1) is 7.11 Å². The highest BCUT2D eigenvalue weighted by Crippen LogP contribution is 2.22. The van der Waals surface area contributed by atoms with Crippen molar-refractivity contribution < 1.29 is 4.74 Å². The second-order valence-electron chi connectivity index (χ2n) is 6.72. The van der Waals surface area contributed by atoms with Crippen molar-refractivity contribution in [1.82, 2.24) is 15.1 Å². The van der Waals surface area contributed by atoms with Crippen LogP contribution in [0.5, 0.6) is 5.75 Å². The second-order valence-corrected chi connectivity index (χ2v) is 6.72. The van der Waals surface area contributed by atoms with Crippen molar-refractivity contribution >= 4 is 35.6 Å². The third kappa shape index (κ3) is 6.50. The van der Waals surface area contributed by atoms with Gasteiger partial charge in [-0.25, -0.2) is 0 Å². The Morgan fingerprint density at radius 3 is 2.54 bits per heavy atom. The summed E-state index contributed by atoms with van der Waals surface area (Å²) in [6, 6.07) is 8.85. The van der Waals surface area contributed by atoms with Crippen molar-refractivity contribution in [3.8, 4) is 5.75 Å². The summed E-state index contributed by atoms with van der Waals surface area (Å²) in [4.78, 5) is 11.5. The zero-order valence-electron chi connectivity index (χ0n) is 16.7. The van der Waals surface area contributed by atoms with Crippen molar-refractivity contribution in [1.29, 1.82) is 0 Å². The lowest BCUT2D eigenvalue weighted by molar-refractivity contribution is 0.275. The van der Waals surface area contributed by atoms with E-state index in [0.29, 0.717) is 6.04 Å². The molecule has 6 nitrogen and oxygen atoms in total. The smallest absolute Gasteiger partial charge is 0.193 e. The number of methoxy groups -OCH3 is 1. The van der Waals surface area contributed by atoms with E-state index in [1.807, 2.05) is 19.2 Å². The number of halogens is 1. The van der Waals surface area contributed by atoms with Gasteiger partial charge in [-0.3, -0.25) is 4.99 Å². The largest absolute Gasteiger partial charge is 0.497 e. The number of piperazine rings is 1. The van der Waals surface area contributed by atoms with Crippen LogP contribution in [0.15, 0.2) is 29.3 Å². The first-order valence-corrected chi connectivity index (χ1v) is 9.10. The molecule has 0 saturated carbocycles. The molecule has 1 saturated heterocycles. The number of ether oxygens (including phenoxy) is 1. The molecule has 1 aromatic rings. The van der Waals surface area contributed by atoms with Gasteiger partial charge in [-0.15, -0.1) is 24.0 Å². The van der Waals surface area contributed by atoms with Gasteiger partial charge in [-0.05, 0) is 33.0 Å². The first-order valence-electron chi connectivity index (χ1n) is 9.10. The number of benzene rings is 1. The van der Waals surface area contributed by atoms with Crippen LogP contribution in [0.3, 0.4) is 0 Å². The molecule has 148 valence electrons. The molecule has 1 aliphatic heterocycles. The van der Waals surface area contributed by atoms with Gasteiger partial charge in [-0.1, -0.05) is 6.07 Å². The molecule has 1 fully saturated rings. The number of likely N-dealkylation sites (N-methyl/N-ethyl adjacent to an activating group) is 1. The lowest BCUT2D eigenvalue weighted by atomic mass is 10.2. The monoisotopic (exact) mass is 475 g/mol. The van der Waals surface area contributed by atoms with Crippen LogP contribution in [0.2, 0.25) is 0 Å². The van der Waals surface area contributed by atoms with Crippen molar-refractivity contribution in [2.45, 2.75) is 19.9 Å². The normalized spacial score (nSPS) is 15.3. The van der Waals surface area contributed by atoms with Crippen molar-refractivity contribution in [3.63, 3.8) is 0 Å². The maximum atomic E-state index is 5.33. The zero-order chi connectivity index (χ0) is 18.2. The Kier molecular flexibility index (Phi) is 10.1. The fourth-order valence-corrected chi connectivity index (χ4v) is 2.92. The fraction of sp³-hybridized carbons (Fsp3) is 0.632. The average molecular weight is 475 g/mol. The van der Waals surface area contributed by atoms with Crippen LogP contribution >= 0.6 is 24.0 Å². The fourth-order valence-electron chi connectivity index (χ4n) is 2.92. The van der Waals surface area contributed by atoms with Crippen LogP contribution < -0.4 is 15.0 Å². The first kappa shape index (κ1) is 22.8. The third-order valence-electron chi connectivity index (χ3n) is 4.84. The lowest BCUT2D eigenvalue weighted by Crippen LogP contribution is -2.53. The second kappa shape index (κ2) is 11.5. The molecule has 0 unspecified atom stereocenters. The van der Waals surface area contributed by atoms with Gasteiger partial charge < -0.3 is 24.8 Å². The molecule has 0 aliphatic carbocycles. The van der Waals surface area contributed by atoms with Crippen molar-refractivity contribution in [2.24, 2.45) is 4.99 Å². The first-order chi connectivity index (χ1) is 12.0. The predicted molar refractivity (Wildman–Crippen MR) is 121 cm³/mol. The highest BCUT2D eigenvalue weighted by Gasteiger charge is 2.20. The van der Waals surface area contributed by atoms with Gasteiger partial charge in [0.1, 0.15) is 5.75 Å². The van der Waals surface area contributed by atoms with E-state index in [9.17, 15) is 0 Å². The van der Waals surface area contributed by atoms with E-state index in [2.05, 4.69) is 58.0 Å². The minimum atomic E-state index is 0. The molecule has 0 spiro atoms. The number of hydrogen-bond donors (Lipinski definition) is 1. The van der Waals surface area contributed by atoms with E-state index < -0.39 is 0 Å². The summed E-state index contributed by atoms with van der Waals surface area (Å²) >= 11 is 0. The molecule has 7 heteroatoms. The number of guanidine groups is 1. The number of nitrogens with zero attached hydrogens (tertiary/aromatic N) is 4. The molecule has 1 aliphatic rings. The molecule has 0 atom stereocenters. The van der Waals surface area contributed by atoms with Crippen LogP contribution in [-0.2, 0) is 0 Å². The molecule has 2 rings (SSSR count). The summed E-state index contributed by atoms with van der Waals surface area (Å²) in [5, 5.41) is 3.49. The molecule has 0 bridgehead atoms. The van der Waals surface area contributed by atoms with Gasteiger partial charge in [0.2, 0.25) is 0 Å². The van der Waals surface area contributed by atoms with E-state index in [1.165, 1.54) is 5.69 Å². The maximum Gasteiger partial charge on any atom is 0.193 e. The highest BCUT2D eigenvalue weighted by atomic mass is 127. The minimum Gasteiger partial charge on any atom is -0.497 e. The third-order valence-corrected chi connectivity index (χ3v) is 4.84. The Bertz CT molecular complexity index is 559. The summed E-state index contributed by atoms with van der Waals surface area (Å²) in [6.45, 7) is 10.3. The highest BCUT2D eigenvalue weighted by molar-refractivity contribution is 14.0. The quantitative estimate of drug-likeness (QED) is 0.389. The number of anilines is 1. The molecule has 0 aromatic heterocycles. The van der Waals surface area contributed by atoms with Gasteiger partial charge in [0.25, 0.3) is 0 Å². The summed E-state index contributed by atoms with van der Waals surface area (Å²) in [5.74, 6) is 1.91. The Hall–Kier alpha value is -1.22. The molecule has 26 heavy (non-hydrogen) atoms. The SMILES string of the molecule is CN=C(NCCN(C)C(C)C)N1CCN(c2cccc(OC)c2)CC1.I. The Morgan fingerprint density at radius 2 is 1.96 bits per heavy atom. The van der Waals surface area contributed by atoms with Crippen LogP contribution in [0.25, 0.3) is 0 Å². The summed E-state index contributed by atoms with van der Waals surface area (Å²) in [5.41, 5.74) is 1.22. The minimum absolute atomic E-state index is 0. The number of rotatable bonds is 6. The van der Waals surface area contributed by atoms with Crippen LogP contribution in [0.4, 0.5) is 5.69 Å². The Balaban J connectivity index is 0.00000338. The van der Waals surface area contributed by atoms with E-state index in [-0.39, 0.29) is 24.0 Å². The molecule has 0 amide bonds. The summed E-state index contributed by atoms with van der Waals surface area (Å²) < 4.78 is 5.33. The van der Waals surface area contributed by atoms with Crippen LogP contribution in [0.1, 0.15) is 13.8 Å². The number of aliphatic imine (C=N–C) groups is 1. The average Bonchev–Trinajstić information content (AvgIpc) is 2.65. The van der Waals surface area contributed by atoms with E-state index >= 15 is 0 Å². The summed E-state index contributed by atoms with van der Waals surface area (Å²) in [6.07, 6.45) is 0. The van der Waals surface area contributed by atoms with E-state index in [0.717, 1.165) is 51.0 Å². The predicted octanol–water partition coefficient (Wildman–Crippen LogP) is 2.35. The van der Waals surface area contributed by atoms with Crippen LogP contribution in [-0.4, -0.2) is 82.3 Å². The van der Waals surface area contributed by atoms with Gasteiger partial charge in [-0.2, -0.15) is 0 Å². The Morgan fingerprint density at radius 1 is 1.27 bits per heavy atom. The molecule has 1 aromatic carbocycles. The standard InChI is InChI=1S/C19H33N5O.HI/c1-16(2)22(4)10-9-21-19(20-3)24-13-11-23(12-14-24)17-7-6-8-18(15-17)25-5;/h6-8,15-16H,9-14H2,1-5H3,(H,20,21);1H. The topological polar surface area (TPSA) is 43.3 Å². The van der Waals surface area contributed by atoms with Crippen molar-refractivity contribution in [3.05, 3.63) is 24.3 Å². The van der Waals surface area contributed by atoms with E-state index in [1.54, 1.807) is 7.11 Å². The van der Waals surface area contributed by atoms with E-state index in [4.69, 9.17) is 4.74 Å². The molecule has 1 N–H and O–H groups in total.